The molecule has 4 nitrogen and oxygen atoms in total. The van der Waals surface area contributed by atoms with Gasteiger partial charge in [-0.25, -0.2) is 0 Å². The summed E-state index contributed by atoms with van der Waals surface area (Å²) in [6, 6.07) is 6.31. The van der Waals surface area contributed by atoms with E-state index in [2.05, 4.69) is 24.0 Å². The first-order chi connectivity index (χ1) is 14.5. The molecule has 0 unspecified atom stereocenters. The van der Waals surface area contributed by atoms with E-state index in [0.29, 0.717) is 35.7 Å². The number of Topliss-reactive ketones (excluding diaryl/α,β-unsaturated/α-hetero) is 1. The summed E-state index contributed by atoms with van der Waals surface area (Å²) in [6.07, 6.45) is 10.5. The van der Waals surface area contributed by atoms with Gasteiger partial charge in [0.05, 0.1) is 6.42 Å². The number of rotatable bonds is 4. The number of carbonyl (C=O) groups excluding carboxylic acids is 2. The highest BCUT2D eigenvalue weighted by molar-refractivity contribution is 5.87. The van der Waals surface area contributed by atoms with Crippen molar-refractivity contribution >= 4 is 11.8 Å². The topological polar surface area (TPSA) is 46.6 Å². The highest BCUT2D eigenvalue weighted by Crippen LogP contribution is 2.59. The Bertz CT molecular complexity index is 828. The third kappa shape index (κ3) is 3.62. The largest absolute Gasteiger partial charge is 0.426 e. The molecule has 1 aromatic rings. The summed E-state index contributed by atoms with van der Waals surface area (Å²) in [5, 5.41) is 0. The molecule has 0 amide bonds. The molecule has 1 aromatic carbocycles. The molecule has 1 heterocycles. The number of hydrogen-bond donors (Lipinski definition) is 0. The van der Waals surface area contributed by atoms with Crippen molar-refractivity contribution in [3.05, 3.63) is 29.3 Å². The first-order valence-corrected chi connectivity index (χ1v) is 12.1. The third-order valence-electron chi connectivity index (χ3n) is 8.72. The van der Waals surface area contributed by atoms with E-state index in [1.54, 1.807) is 0 Å². The average molecular weight is 410 g/mol. The van der Waals surface area contributed by atoms with Gasteiger partial charge in [-0.3, -0.25) is 9.59 Å². The first kappa shape index (κ1) is 20.2. The molecule has 3 fully saturated rings. The number of aryl methyl sites for hydroxylation is 1. The fourth-order valence-corrected chi connectivity index (χ4v) is 7.01. The van der Waals surface area contributed by atoms with E-state index in [1.165, 1.54) is 30.4 Å². The molecule has 1 aliphatic heterocycles. The molecule has 1 saturated heterocycles. The molecular formula is C26H35NO3. The smallest absolute Gasteiger partial charge is 0.312 e. The van der Waals surface area contributed by atoms with E-state index in [9.17, 15) is 9.59 Å². The van der Waals surface area contributed by atoms with Gasteiger partial charge in [0.1, 0.15) is 11.5 Å². The summed E-state index contributed by atoms with van der Waals surface area (Å²) in [4.78, 5) is 27.2. The van der Waals surface area contributed by atoms with Crippen LogP contribution in [0.3, 0.4) is 0 Å². The summed E-state index contributed by atoms with van der Waals surface area (Å²) in [5.41, 5.74) is 2.73. The summed E-state index contributed by atoms with van der Waals surface area (Å²) in [6.45, 7) is 5.26. The summed E-state index contributed by atoms with van der Waals surface area (Å²) < 4.78 is 5.70. The number of likely N-dealkylation sites (tertiary alicyclic amines) is 1. The van der Waals surface area contributed by atoms with Gasteiger partial charge in [0.2, 0.25) is 0 Å². The van der Waals surface area contributed by atoms with Gasteiger partial charge >= 0.3 is 5.97 Å². The molecule has 0 spiro atoms. The lowest BCUT2D eigenvalue weighted by atomic mass is 9.55. The molecule has 4 heteroatoms. The molecule has 2 saturated carbocycles. The Balaban J connectivity index is 1.23. The second-order valence-corrected chi connectivity index (χ2v) is 10.3. The number of carbonyl (C=O) groups is 2. The second-order valence-electron chi connectivity index (χ2n) is 10.3. The Morgan fingerprint density at radius 2 is 1.97 bits per heavy atom. The predicted molar refractivity (Wildman–Crippen MR) is 117 cm³/mol. The molecule has 4 aliphatic rings. The lowest BCUT2D eigenvalue weighted by Gasteiger charge is -2.48. The van der Waals surface area contributed by atoms with E-state index in [4.69, 9.17) is 4.74 Å². The van der Waals surface area contributed by atoms with Crippen LogP contribution in [0.15, 0.2) is 18.2 Å². The van der Waals surface area contributed by atoms with Gasteiger partial charge in [-0.1, -0.05) is 19.4 Å². The SMILES string of the molecule is C[C@]12CC[C@@H]3c4ccc(OC(=O)CCN5CCCCC5)cc4CC[C@@H]3[C@@H]1CCC2=O. The normalized spacial score (nSPS) is 33.5. The van der Waals surface area contributed by atoms with Crippen molar-refractivity contribution in [2.24, 2.45) is 17.3 Å². The Kier molecular flexibility index (Phi) is 5.47. The standard InChI is InChI=1S/C26H35NO3/c1-26-13-11-21-20-8-6-19(30-25(29)12-16-27-14-3-2-4-15-27)17-18(20)5-7-22(21)23(26)9-10-24(26)28/h6,8,17,21-23H,2-5,7,9-16H2,1H3/t21-,22+,23+,26+/m1/s1. The van der Waals surface area contributed by atoms with Crippen molar-refractivity contribution in [1.82, 2.24) is 4.90 Å². The van der Waals surface area contributed by atoms with Crippen LogP contribution in [-0.4, -0.2) is 36.3 Å². The van der Waals surface area contributed by atoms with Gasteiger partial charge in [0.25, 0.3) is 0 Å². The van der Waals surface area contributed by atoms with Crippen molar-refractivity contribution < 1.29 is 14.3 Å². The van der Waals surface area contributed by atoms with Crippen LogP contribution in [0.4, 0.5) is 0 Å². The minimum Gasteiger partial charge on any atom is -0.426 e. The van der Waals surface area contributed by atoms with Crippen LogP contribution in [0.2, 0.25) is 0 Å². The van der Waals surface area contributed by atoms with Crippen LogP contribution < -0.4 is 4.74 Å². The number of benzene rings is 1. The van der Waals surface area contributed by atoms with Gasteiger partial charge in [-0.15, -0.1) is 0 Å². The molecule has 0 radical (unpaired) electrons. The van der Waals surface area contributed by atoms with Gasteiger partial charge in [0.15, 0.2) is 0 Å². The molecule has 162 valence electrons. The lowest BCUT2D eigenvalue weighted by Crippen LogP contribution is -2.42. The number of ketones is 1. The number of esters is 1. The molecule has 0 aromatic heterocycles. The molecular weight excluding hydrogens is 374 g/mol. The van der Waals surface area contributed by atoms with Crippen LogP contribution in [0.25, 0.3) is 0 Å². The zero-order valence-corrected chi connectivity index (χ0v) is 18.3. The minimum absolute atomic E-state index is 0.0670. The zero-order valence-electron chi connectivity index (χ0n) is 18.3. The Labute approximate surface area is 180 Å². The second kappa shape index (κ2) is 8.11. The maximum absolute atomic E-state index is 12.5. The van der Waals surface area contributed by atoms with E-state index in [1.807, 2.05) is 6.07 Å². The fraction of sp³-hybridized carbons (Fsp3) is 0.692. The van der Waals surface area contributed by atoms with Crippen molar-refractivity contribution in [1.29, 1.82) is 0 Å². The van der Waals surface area contributed by atoms with Gasteiger partial charge in [-0.2, -0.15) is 0 Å². The maximum Gasteiger partial charge on any atom is 0.312 e. The zero-order chi connectivity index (χ0) is 20.7. The summed E-state index contributed by atoms with van der Waals surface area (Å²) in [7, 11) is 0. The van der Waals surface area contributed by atoms with Gasteiger partial charge in [-0.05, 0) is 99.0 Å². The molecule has 0 bridgehead atoms. The number of nitrogens with zero attached hydrogens (tertiary/aromatic N) is 1. The number of ether oxygens (including phenoxy) is 1. The van der Waals surface area contributed by atoms with E-state index < -0.39 is 0 Å². The Hall–Kier alpha value is -1.68. The summed E-state index contributed by atoms with van der Waals surface area (Å²) >= 11 is 0. The predicted octanol–water partition coefficient (Wildman–Crippen LogP) is 4.89. The quantitative estimate of drug-likeness (QED) is 0.524. The highest BCUT2D eigenvalue weighted by Gasteiger charge is 2.54. The van der Waals surface area contributed by atoms with E-state index in [0.717, 1.165) is 58.2 Å². The summed E-state index contributed by atoms with van der Waals surface area (Å²) in [5.74, 6) is 2.86. The highest BCUT2D eigenvalue weighted by atomic mass is 16.5. The van der Waals surface area contributed by atoms with Crippen molar-refractivity contribution in [2.45, 2.75) is 77.0 Å². The van der Waals surface area contributed by atoms with Crippen molar-refractivity contribution in [2.75, 3.05) is 19.6 Å². The number of piperidine rings is 1. The molecule has 4 atom stereocenters. The van der Waals surface area contributed by atoms with Crippen molar-refractivity contribution in [3.8, 4) is 5.75 Å². The van der Waals surface area contributed by atoms with E-state index in [-0.39, 0.29) is 11.4 Å². The lowest BCUT2D eigenvalue weighted by molar-refractivity contribution is -0.134. The molecule has 5 rings (SSSR count). The van der Waals surface area contributed by atoms with Crippen LogP contribution in [-0.2, 0) is 16.0 Å². The molecule has 0 N–H and O–H groups in total. The molecule has 30 heavy (non-hydrogen) atoms. The van der Waals surface area contributed by atoms with Crippen LogP contribution in [0, 0.1) is 17.3 Å². The monoisotopic (exact) mass is 409 g/mol. The fourth-order valence-electron chi connectivity index (χ4n) is 7.01. The average Bonchev–Trinajstić information content (AvgIpc) is 3.07. The van der Waals surface area contributed by atoms with Crippen LogP contribution >= 0.6 is 0 Å². The van der Waals surface area contributed by atoms with Gasteiger partial charge < -0.3 is 9.64 Å². The number of hydrogen-bond acceptors (Lipinski definition) is 4. The minimum atomic E-state index is -0.118. The van der Waals surface area contributed by atoms with Crippen LogP contribution in [0.5, 0.6) is 5.75 Å². The van der Waals surface area contributed by atoms with Gasteiger partial charge in [0, 0.05) is 18.4 Å². The molecule has 3 aliphatic carbocycles. The first-order valence-electron chi connectivity index (χ1n) is 12.1. The Morgan fingerprint density at radius 3 is 2.80 bits per heavy atom. The van der Waals surface area contributed by atoms with Crippen LogP contribution in [0.1, 0.15) is 81.8 Å². The Morgan fingerprint density at radius 1 is 1.13 bits per heavy atom. The number of fused-ring (bicyclic) bond motifs is 5. The van der Waals surface area contributed by atoms with E-state index >= 15 is 0 Å². The maximum atomic E-state index is 12.5. The van der Waals surface area contributed by atoms with Crippen molar-refractivity contribution in [3.63, 3.8) is 0 Å². The third-order valence-corrected chi connectivity index (χ3v) is 8.72.